The van der Waals surface area contributed by atoms with Crippen molar-refractivity contribution in [1.29, 1.82) is 0 Å². The number of carbonyl (C=O) groups is 1. The Morgan fingerprint density at radius 1 is 1.16 bits per heavy atom. The Bertz CT molecular complexity index is 1290. The van der Waals surface area contributed by atoms with Gasteiger partial charge in [-0.1, -0.05) is 18.7 Å². The summed E-state index contributed by atoms with van der Waals surface area (Å²) in [7, 11) is 0. The van der Waals surface area contributed by atoms with Gasteiger partial charge >= 0.3 is 6.18 Å². The number of rotatable bonds is 10. The van der Waals surface area contributed by atoms with Crippen molar-refractivity contribution in [3.8, 4) is 0 Å². The molecule has 1 aromatic heterocycles. The van der Waals surface area contributed by atoms with Crippen LogP contribution in [-0.2, 0) is 11.0 Å². The molecule has 0 bridgehead atoms. The van der Waals surface area contributed by atoms with Crippen LogP contribution in [0.3, 0.4) is 0 Å². The molecule has 3 aromatic rings. The predicted octanol–water partition coefficient (Wildman–Crippen LogP) is 4.13. The summed E-state index contributed by atoms with van der Waals surface area (Å²) < 4.78 is 55.5. The van der Waals surface area contributed by atoms with Crippen LogP contribution in [0.4, 0.5) is 46.4 Å². The van der Waals surface area contributed by atoms with E-state index in [1.165, 1.54) is 18.2 Å². The van der Waals surface area contributed by atoms with Crippen LogP contribution in [0.5, 0.6) is 0 Å². The molecule has 1 heterocycles. The molecule has 0 saturated heterocycles. The normalized spacial score (nSPS) is 12.1. The number of anilines is 5. The van der Waals surface area contributed by atoms with Crippen molar-refractivity contribution >= 4 is 34.7 Å². The zero-order chi connectivity index (χ0) is 27.2. The standard InChI is InChI=1S/C24H24F4N6O3/c1-3-20(36)31-17-6-4-5-7-18(17)32-21-15(24(26,27)28)12-30-23(34-21)33-19-11-14(16(25)10-13(19)2)22(37)29-8-9-35/h3-7,10-12,22,29,35,37H,1,8-9H2,2H3,(H,31,36)(H2,30,32,33,34). The molecule has 0 spiro atoms. The molecule has 13 heteroatoms. The van der Waals surface area contributed by atoms with Crippen LogP contribution in [-0.4, -0.2) is 39.2 Å². The monoisotopic (exact) mass is 520 g/mol. The van der Waals surface area contributed by atoms with E-state index < -0.39 is 35.5 Å². The first-order valence-electron chi connectivity index (χ1n) is 10.9. The zero-order valence-corrected chi connectivity index (χ0v) is 19.5. The highest BCUT2D eigenvalue weighted by Gasteiger charge is 2.35. The fourth-order valence-electron chi connectivity index (χ4n) is 3.22. The molecule has 2 aromatic carbocycles. The SMILES string of the molecule is C=CC(=O)Nc1ccccc1Nc1nc(Nc2cc(C(O)NCCO)c(F)cc2C)ncc1C(F)(F)F. The van der Waals surface area contributed by atoms with Crippen molar-refractivity contribution in [3.63, 3.8) is 0 Å². The molecule has 37 heavy (non-hydrogen) atoms. The third-order valence-corrected chi connectivity index (χ3v) is 5.05. The lowest BCUT2D eigenvalue weighted by atomic mass is 10.1. The Morgan fingerprint density at radius 3 is 2.51 bits per heavy atom. The van der Waals surface area contributed by atoms with E-state index in [9.17, 15) is 27.5 Å². The number of nitrogens with zero attached hydrogens (tertiary/aromatic N) is 2. The van der Waals surface area contributed by atoms with Crippen molar-refractivity contribution in [3.05, 3.63) is 77.8 Å². The maximum atomic E-state index is 14.4. The number of alkyl halides is 3. The fourth-order valence-corrected chi connectivity index (χ4v) is 3.22. The molecule has 3 rings (SSSR count). The van der Waals surface area contributed by atoms with Gasteiger partial charge in [0.2, 0.25) is 11.9 Å². The third kappa shape index (κ3) is 7.00. The second kappa shape index (κ2) is 11.8. The highest BCUT2D eigenvalue weighted by molar-refractivity contribution is 6.01. The molecule has 1 atom stereocenters. The number of para-hydroxylation sites is 2. The summed E-state index contributed by atoms with van der Waals surface area (Å²) in [5.74, 6) is -2.14. The topological polar surface area (TPSA) is 131 Å². The van der Waals surface area contributed by atoms with Gasteiger partial charge in [0.1, 0.15) is 23.4 Å². The van der Waals surface area contributed by atoms with Crippen LogP contribution >= 0.6 is 0 Å². The van der Waals surface area contributed by atoms with Gasteiger partial charge in [0.25, 0.3) is 0 Å². The van der Waals surface area contributed by atoms with E-state index in [0.29, 0.717) is 11.8 Å². The molecule has 1 amide bonds. The Morgan fingerprint density at radius 2 is 1.86 bits per heavy atom. The molecular formula is C24H24F4N6O3. The number of benzene rings is 2. The number of hydrogen-bond donors (Lipinski definition) is 6. The maximum absolute atomic E-state index is 14.4. The molecule has 0 aliphatic heterocycles. The number of aryl methyl sites for hydroxylation is 1. The highest BCUT2D eigenvalue weighted by atomic mass is 19.4. The van der Waals surface area contributed by atoms with E-state index in [-0.39, 0.29) is 41.7 Å². The first-order valence-corrected chi connectivity index (χ1v) is 10.9. The van der Waals surface area contributed by atoms with Gasteiger partial charge in [0, 0.05) is 24.0 Å². The zero-order valence-electron chi connectivity index (χ0n) is 19.5. The van der Waals surface area contributed by atoms with Gasteiger partial charge in [-0.25, -0.2) is 9.37 Å². The summed E-state index contributed by atoms with van der Waals surface area (Å²) in [5, 5.41) is 29.4. The van der Waals surface area contributed by atoms with Gasteiger partial charge in [-0.05, 0) is 42.8 Å². The van der Waals surface area contributed by atoms with E-state index in [0.717, 1.165) is 12.1 Å². The summed E-state index contributed by atoms with van der Waals surface area (Å²) >= 11 is 0. The maximum Gasteiger partial charge on any atom is 0.421 e. The Kier molecular flexibility index (Phi) is 8.76. The summed E-state index contributed by atoms with van der Waals surface area (Å²) in [4.78, 5) is 19.4. The van der Waals surface area contributed by atoms with E-state index in [1.807, 2.05) is 0 Å². The van der Waals surface area contributed by atoms with Crippen molar-refractivity contribution in [2.75, 3.05) is 29.1 Å². The number of halogens is 4. The van der Waals surface area contributed by atoms with Gasteiger partial charge in [0.05, 0.1) is 18.0 Å². The second-order valence-corrected chi connectivity index (χ2v) is 7.71. The number of aromatic nitrogens is 2. The summed E-state index contributed by atoms with van der Waals surface area (Å²) in [6.07, 6.45) is -4.65. The Balaban J connectivity index is 1.98. The smallest absolute Gasteiger partial charge is 0.395 e. The van der Waals surface area contributed by atoms with Gasteiger partial charge in [-0.15, -0.1) is 0 Å². The van der Waals surface area contributed by atoms with E-state index >= 15 is 0 Å². The third-order valence-electron chi connectivity index (χ3n) is 5.05. The summed E-state index contributed by atoms with van der Waals surface area (Å²) in [5.41, 5.74) is -0.401. The fraction of sp³-hybridized carbons (Fsp3) is 0.208. The lowest BCUT2D eigenvalue weighted by Crippen LogP contribution is -2.25. The largest absolute Gasteiger partial charge is 0.421 e. The molecule has 0 aliphatic carbocycles. The Hall–Kier alpha value is -4.07. The Labute approximate surface area is 209 Å². The molecule has 0 aliphatic rings. The van der Waals surface area contributed by atoms with Crippen molar-refractivity contribution < 1.29 is 32.6 Å². The first-order chi connectivity index (χ1) is 17.5. The van der Waals surface area contributed by atoms with E-state index in [1.54, 1.807) is 19.1 Å². The van der Waals surface area contributed by atoms with Crippen LogP contribution in [0.1, 0.15) is 22.9 Å². The van der Waals surface area contributed by atoms with Crippen molar-refractivity contribution in [2.24, 2.45) is 0 Å². The highest BCUT2D eigenvalue weighted by Crippen LogP contribution is 2.37. The lowest BCUT2D eigenvalue weighted by molar-refractivity contribution is -0.137. The van der Waals surface area contributed by atoms with Crippen molar-refractivity contribution in [1.82, 2.24) is 15.3 Å². The van der Waals surface area contributed by atoms with Crippen LogP contribution in [0.2, 0.25) is 0 Å². The van der Waals surface area contributed by atoms with Gasteiger partial charge in [0.15, 0.2) is 0 Å². The average molecular weight is 520 g/mol. The van der Waals surface area contributed by atoms with Gasteiger partial charge in [-0.3, -0.25) is 10.1 Å². The molecule has 196 valence electrons. The molecule has 1 unspecified atom stereocenters. The molecule has 6 N–H and O–H groups in total. The molecule has 0 fully saturated rings. The minimum absolute atomic E-state index is 0.00299. The summed E-state index contributed by atoms with van der Waals surface area (Å²) in [6.45, 7) is 4.61. The quantitative estimate of drug-likeness (QED) is 0.134. The van der Waals surface area contributed by atoms with Gasteiger partial charge < -0.3 is 26.2 Å². The first kappa shape index (κ1) is 27.5. The van der Waals surface area contributed by atoms with Crippen LogP contribution in [0, 0.1) is 12.7 Å². The molecule has 0 saturated carbocycles. The van der Waals surface area contributed by atoms with Crippen LogP contribution in [0.15, 0.2) is 55.3 Å². The van der Waals surface area contributed by atoms with Crippen LogP contribution < -0.4 is 21.3 Å². The minimum Gasteiger partial charge on any atom is -0.395 e. The van der Waals surface area contributed by atoms with Crippen LogP contribution in [0.25, 0.3) is 0 Å². The summed E-state index contributed by atoms with van der Waals surface area (Å²) in [6, 6.07) is 8.46. The molecule has 9 nitrogen and oxygen atoms in total. The molecular weight excluding hydrogens is 496 g/mol. The average Bonchev–Trinajstić information content (AvgIpc) is 2.84. The lowest BCUT2D eigenvalue weighted by Gasteiger charge is -2.18. The predicted molar refractivity (Wildman–Crippen MR) is 130 cm³/mol. The minimum atomic E-state index is -4.80. The van der Waals surface area contributed by atoms with E-state index in [4.69, 9.17) is 5.11 Å². The number of aliphatic hydroxyl groups excluding tert-OH is 2. The number of carbonyl (C=O) groups excluding carboxylic acids is 1. The van der Waals surface area contributed by atoms with Crippen molar-refractivity contribution in [2.45, 2.75) is 19.3 Å². The van der Waals surface area contributed by atoms with E-state index in [2.05, 4.69) is 37.8 Å². The van der Waals surface area contributed by atoms with Gasteiger partial charge in [-0.2, -0.15) is 18.2 Å². The second-order valence-electron chi connectivity index (χ2n) is 7.71. The molecule has 0 radical (unpaired) electrons. The number of aliphatic hydroxyl groups is 2. The number of amides is 1. The number of nitrogens with one attached hydrogen (secondary N) is 4. The number of hydrogen-bond acceptors (Lipinski definition) is 8.